The van der Waals surface area contributed by atoms with E-state index in [4.69, 9.17) is 15.3 Å². The van der Waals surface area contributed by atoms with Crippen LogP contribution >= 0.6 is 0 Å². The summed E-state index contributed by atoms with van der Waals surface area (Å²) in [7, 11) is 0. The average molecular weight is 343 g/mol. The van der Waals surface area contributed by atoms with Crippen LogP contribution < -0.4 is 10.5 Å². The van der Waals surface area contributed by atoms with Crippen LogP contribution in [0.15, 0.2) is 59.8 Å². The quantitative estimate of drug-likeness (QED) is 0.271. The normalized spacial score (nSPS) is 12.3. The lowest BCUT2D eigenvalue weighted by atomic mass is 10.2. The number of nitro benzene ring substituents is 1. The number of rotatable bonds is 7. The van der Waals surface area contributed by atoms with Gasteiger partial charge in [0, 0.05) is 17.7 Å². The molecule has 0 aliphatic heterocycles. The van der Waals surface area contributed by atoms with Crippen LogP contribution in [0.5, 0.6) is 5.75 Å². The zero-order valence-electron chi connectivity index (χ0n) is 13.5. The minimum absolute atomic E-state index is 0.138. The van der Waals surface area contributed by atoms with E-state index in [2.05, 4.69) is 5.16 Å². The number of benzene rings is 2. The first-order valence-electron chi connectivity index (χ1n) is 7.52. The number of non-ortho nitro benzene ring substituents is 1. The Hall–Kier alpha value is -3.42. The van der Waals surface area contributed by atoms with Gasteiger partial charge in [-0.05, 0) is 18.6 Å². The fraction of sp³-hybridized carbons (Fsp3) is 0.176. The van der Waals surface area contributed by atoms with Crippen molar-refractivity contribution >= 4 is 17.5 Å². The number of carbonyl (C=O) groups excluding carboxylic acids is 1. The second-order valence-electron chi connectivity index (χ2n) is 5.02. The summed E-state index contributed by atoms with van der Waals surface area (Å²) in [5.41, 5.74) is 5.85. The van der Waals surface area contributed by atoms with Gasteiger partial charge in [-0.1, -0.05) is 42.4 Å². The Bertz CT molecular complexity index is 777. The van der Waals surface area contributed by atoms with E-state index in [1.54, 1.807) is 31.2 Å². The molecule has 0 aliphatic rings. The van der Waals surface area contributed by atoms with Crippen molar-refractivity contribution in [3.05, 3.63) is 70.3 Å². The molecule has 0 saturated carbocycles. The molecule has 2 aromatic carbocycles. The number of hydrogen-bond donors (Lipinski definition) is 1. The Morgan fingerprint density at radius 1 is 1.24 bits per heavy atom. The Kier molecular flexibility index (Phi) is 6.05. The Morgan fingerprint density at radius 3 is 2.60 bits per heavy atom. The molecular weight excluding hydrogens is 326 g/mol. The molecule has 1 atom stereocenters. The van der Waals surface area contributed by atoms with Gasteiger partial charge < -0.3 is 15.3 Å². The number of oxime groups is 1. The van der Waals surface area contributed by atoms with E-state index in [1.165, 1.54) is 24.3 Å². The zero-order valence-corrected chi connectivity index (χ0v) is 13.5. The predicted octanol–water partition coefficient (Wildman–Crippen LogP) is 2.62. The maximum absolute atomic E-state index is 12.1. The van der Waals surface area contributed by atoms with Crippen molar-refractivity contribution in [3.63, 3.8) is 0 Å². The lowest BCUT2D eigenvalue weighted by Gasteiger charge is -2.14. The molecule has 2 rings (SSSR count). The van der Waals surface area contributed by atoms with Gasteiger partial charge in [-0.2, -0.15) is 0 Å². The third-order valence-corrected chi connectivity index (χ3v) is 3.24. The van der Waals surface area contributed by atoms with Crippen molar-refractivity contribution in [3.8, 4) is 5.75 Å². The summed E-state index contributed by atoms with van der Waals surface area (Å²) in [6.07, 6.45) is -0.469. The number of ether oxygens (including phenoxy) is 1. The molecule has 0 aliphatic carbocycles. The highest BCUT2D eigenvalue weighted by molar-refractivity contribution is 5.98. The third kappa shape index (κ3) is 5.03. The monoisotopic (exact) mass is 343 g/mol. The average Bonchev–Trinajstić information content (AvgIpc) is 2.64. The SMILES string of the molecule is CCC(Oc1ccccc1)C(=O)O/N=C(\N)c1cccc([N+](=O)[O-])c1. The van der Waals surface area contributed by atoms with Crippen molar-refractivity contribution in [1.29, 1.82) is 0 Å². The molecule has 0 amide bonds. The van der Waals surface area contributed by atoms with E-state index in [-0.39, 0.29) is 17.1 Å². The molecule has 8 nitrogen and oxygen atoms in total. The van der Waals surface area contributed by atoms with E-state index >= 15 is 0 Å². The lowest BCUT2D eigenvalue weighted by molar-refractivity contribution is -0.384. The fourth-order valence-corrected chi connectivity index (χ4v) is 1.95. The van der Waals surface area contributed by atoms with Crippen LogP contribution in [-0.2, 0) is 9.63 Å². The van der Waals surface area contributed by atoms with Gasteiger partial charge in [0.05, 0.1) is 4.92 Å². The van der Waals surface area contributed by atoms with Gasteiger partial charge in [-0.15, -0.1) is 0 Å². The topological polar surface area (TPSA) is 117 Å². The van der Waals surface area contributed by atoms with E-state index in [1.807, 2.05) is 6.07 Å². The smallest absolute Gasteiger partial charge is 0.375 e. The molecule has 25 heavy (non-hydrogen) atoms. The van der Waals surface area contributed by atoms with Gasteiger partial charge >= 0.3 is 5.97 Å². The van der Waals surface area contributed by atoms with Crippen LogP contribution in [-0.4, -0.2) is 22.8 Å². The van der Waals surface area contributed by atoms with Gasteiger partial charge in [0.25, 0.3) is 5.69 Å². The minimum Gasteiger partial charge on any atom is -0.479 e. The Labute approximate surface area is 144 Å². The standard InChI is InChI=1S/C17H17N3O5/c1-2-15(24-14-9-4-3-5-10-14)17(21)25-19-16(18)12-7-6-8-13(11-12)20(22)23/h3-11,15H,2H2,1H3,(H2,18,19). The molecule has 0 bridgehead atoms. The fourth-order valence-electron chi connectivity index (χ4n) is 1.95. The molecule has 0 saturated heterocycles. The van der Waals surface area contributed by atoms with Gasteiger partial charge in [-0.25, -0.2) is 4.79 Å². The number of carbonyl (C=O) groups is 1. The lowest BCUT2D eigenvalue weighted by Crippen LogP contribution is -2.28. The number of hydrogen-bond acceptors (Lipinski definition) is 6. The highest BCUT2D eigenvalue weighted by Crippen LogP contribution is 2.15. The molecule has 1 unspecified atom stereocenters. The first-order chi connectivity index (χ1) is 12.0. The molecule has 2 N–H and O–H groups in total. The first kappa shape index (κ1) is 17.9. The summed E-state index contributed by atoms with van der Waals surface area (Å²) in [4.78, 5) is 27.1. The van der Waals surface area contributed by atoms with Gasteiger partial charge in [-0.3, -0.25) is 10.1 Å². The van der Waals surface area contributed by atoms with Gasteiger partial charge in [0.2, 0.25) is 0 Å². The summed E-state index contributed by atoms with van der Waals surface area (Å²) < 4.78 is 5.54. The van der Waals surface area contributed by atoms with Crippen LogP contribution in [0, 0.1) is 10.1 Å². The molecular formula is C17H17N3O5. The number of nitro groups is 1. The van der Waals surface area contributed by atoms with E-state index in [0.29, 0.717) is 12.2 Å². The maximum Gasteiger partial charge on any atom is 0.375 e. The second kappa shape index (κ2) is 8.44. The van der Waals surface area contributed by atoms with Crippen LogP contribution in [0.4, 0.5) is 5.69 Å². The predicted molar refractivity (Wildman–Crippen MR) is 91.1 cm³/mol. The zero-order chi connectivity index (χ0) is 18.2. The highest BCUT2D eigenvalue weighted by atomic mass is 16.7. The van der Waals surface area contributed by atoms with E-state index < -0.39 is 17.0 Å². The molecule has 2 aromatic rings. The molecule has 0 aromatic heterocycles. The molecule has 0 heterocycles. The van der Waals surface area contributed by atoms with Gasteiger partial charge in [0.15, 0.2) is 11.9 Å². The van der Waals surface area contributed by atoms with Crippen LogP contribution in [0.3, 0.4) is 0 Å². The summed E-state index contributed by atoms with van der Waals surface area (Å²) in [5.74, 6) is -0.326. The molecule has 130 valence electrons. The number of amidine groups is 1. The first-order valence-corrected chi connectivity index (χ1v) is 7.52. The largest absolute Gasteiger partial charge is 0.479 e. The highest BCUT2D eigenvalue weighted by Gasteiger charge is 2.21. The second-order valence-corrected chi connectivity index (χ2v) is 5.02. The molecule has 0 fully saturated rings. The number of nitrogens with zero attached hydrogens (tertiary/aromatic N) is 2. The van der Waals surface area contributed by atoms with Crippen LogP contribution in [0.25, 0.3) is 0 Å². The molecule has 8 heteroatoms. The van der Waals surface area contributed by atoms with Crippen molar-refractivity contribution in [2.75, 3.05) is 0 Å². The van der Waals surface area contributed by atoms with Crippen molar-refractivity contribution < 1.29 is 19.3 Å². The number of para-hydroxylation sites is 1. The molecule has 0 radical (unpaired) electrons. The number of nitrogens with two attached hydrogens (primary N) is 1. The van der Waals surface area contributed by atoms with E-state index in [9.17, 15) is 14.9 Å². The summed E-state index contributed by atoms with van der Waals surface area (Å²) in [5, 5.41) is 14.3. The van der Waals surface area contributed by atoms with Crippen molar-refractivity contribution in [2.45, 2.75) is 19.4 Å². The summed E-state index contributed by atoms with van der Waals surface area (Å²) in [6.45, 7) is 1.77. The molecule has 0 spiro atoms. The van der Waals surface area contributed by atoms with Crippen molar-refractivity contribution in [1.82, 2.24) is 0 Å². The Morgan fingerprint density at radius 2 is 1.96 bits per heavy atom. The van der Waals surface area contributed by atoms with E-state index in [0.717, 1.165) is 0 Å². The van der Waals surface area contributed by atoms with Crippen LogP contribution in [0.1, 0.15) is 18.9 Å². The summed E-state index contributed by atoms with van der Waals surface area (Å²) >= 11 is 0. The van der Waals surface area contributed by atoms with Gasteiger partial charge in [0.1, 0.15) is 5.75 Å². The van der Waals surface area contributed by atoms with Crippen molar-refractivity contribution in [2.24, 2.45) is 10.9 Å². The third-order valence-electron chi connectivity index (χ3n) is 3.24. The minimum atomic E-state index is -0.843. The Balaban J connectivity index is 2.04. The summed E-state index contributed by atoms with van der Waals surface area (Å²) in [6, 6.07) is 14.4. The maximum atomic E-state index is 12.1. The van der Waals surface area contributed by atoms with Crippen LogP contribution in [0.2, 0.25) is 0 Å².